The van der Waals surface area contributed by atoms with Crippen molar-refractivity contribution in [1.82, 2.24) is 10.6 Å². The molecule has 0 aromatic carbocycles. The summed E-state index contributed by atoms with van der Waals surface area (Å²) in [6.07, 6.45) is 25.7. The summed E-state index contributed by atoms with van der Waals surface area (Å²) in [4.78, 5) is 30.4. The normalized spacial score (nSPS) is 9.55. The van der Waals surface area contributed by atoms with Crippen LogP contribution < -0.4 is 10.6 Å². The van der Waals surface area contributed by atoms with Crippen molar-refractivity contribution in [3.8, 4) is 0 Å². The summed E-state index contributed by atoms with van der Waals surface area (Å²) in [5, 5.41) is 12.6. The van der Waals surface area contributed by atoms with Crippen LogP contribution in [0.3, 0.4) is 0 Å². The maximum Gasteiger partial charge on any atom is 0.322 e. The van der Waals surface area contributed by atoms with Crippen LogP contribution in [-0.4, -0.2) is 36.5 Å². The highest BCUT2D eigenvalue weighted by atomic mass is 16.4. The van der Waals surface area contributed by atoms with E-state index in [0.29, 0.717) is 6.41 Å². The fraction of sp³-hybridized carbons (Fsp3) is 0.815. The standard InChI is InChI=1S/C18H38.C6H10N2O4.C3H6/c1-3-5-7-9-11-13-15-17-18-16-14-12-10-8-6-4-2;9-4-7-2-1-5(10)8-3-6(11)12;1-3-2/h3-18H2,1-2H3;4H,1-3H2,(H,7,9)(H,8,10)(H,11,12);3H,1H2,2H3. The van der Waals surface area contributed by atoms with Gasteiger partial charge in [-0.15, -0.1) is 6.58 Å². The maximum absolute atomic E-state index is 10.7. The molecule has 0 heterocycles. The molecule has 0 aromatic rings. The summed E-state index contributed by atoms with van der Waals surface area (Å²) in [5.41, 5.74) is 0. The molecule has 0 rings (SSSR count). The Morgan fingerprint density at radius 1 is 0.758 bits per heavy atom. The van der Waals surface area contributed by atoms with Crippen molar-refractivity contribution in [3.63, 3.8) is 0 Å². The van der Waals surface area contributed by atoms with Crippen molar-refractivity contribution in [1.29, 1.82) is 0 Å². The van der Waals surface area contributed by atoms with Gasteiger partial charge in [0, 0.05) is 13.0 Å². The third kappa shape index (κ3) is 44.6. The number of carbonyl (C=O) groups excluding carboxylic acids is 2. The lowest BCUT2D eigenvalue weighted by molar-refractivity contribution is -0.138. The molecule has 33 heavy (non-hydrogen) atoms. The number of unbranched alkanes of at least 4 members (excludes halogenated alkanes) is 15. The molecule has 0 spiro atoms. The van der Waals surface area contributed by atoms with Gasteiger partial charge in [-0.1, -0.05) is 123 Å². The van der Waals surface area contributed by atoms with E-state index in [1.54, 1.807) is 6.08 Å². The first-order valence-electron chi connectivity index (χ1n) is 13.2. The average molecular weight is 471 g/mol. The van der Waals surface area contributed by atoms with E-state index < -0.39 is 11.9 Å². The van der Waals surface area contributed by atoms with E-state index >= 15 is 0 Å². The Bertz CT molecular complexity index is 412. The predicted octanol–water partition coefficient (Wildman–Crippen LogP) is 6.78. The number of allylic oxidation sites excluding steroid dienone is 1. The summed E-state index contributed by atoms with van der Waals surface area (Å²) in [6.45, 7) is 9.67. The first kappa shape index (κ1) is 35.7. The predicted molar refractivity (Wildman–Crippen MR) is 140 cm³/mol. The largest absolute Gasteiger partial charge is 0.480 e. The van der Waals surface area contributed by atoms with Crippen LogP contribution in [0, 0.1) is 0 Å². The highest BCUT2D eigenvalue weighted by Gasteiger charge is 2.02. The van der Waals surface area contributed by atoms with Crippen molar-refractivity contribution in [2.45, 2.75) is 130 Å². The van der Waals surface area contributed by atoms with Gasteiger partial charge in [0.1, 0.15) is 6.54 Å². The molecule has 0 aliphatic rings. The van der Waals surface area contributed by atoms with E-state index in [1.165, 1.54) is 103 Å². The molecular formula is C27H54N2O4. The Labute approximate surface area is 204 Å². The lowest BCUT2D eigenvalue weighted by Gasteiger charge is -2.03. The molecular weight excluding hydrogens is 416 g/mol. The van der Waals surface area contributed by atoms with Crippen LogP contribution in [0.1, 0.15) is 130 Å². The van der Waals surface area contributed by atoms with E-state index in [2.05, 4.69) is 31.1 Å². The van der Waals surface area contributed by atoms with Gasteiger partial charge < -0.3 is 15.7 Å². The number of amides is 2. The van der Waals surface area contributed by atoms with Crippen LogP contribution in [0.25, 0.3) is 0 Å². The second-order valence-electron chi connectivity index (χ2n) is 8.35. The molecule has 0 fully saturated rings. The number of carboxylic acids is 1. The van der Waals surface area contributed by atoms with Crippen LogP contribution in [0.2, 0.25) is 0 Å². The van der Waals surface area contributed by atoms with Crippen molar-refractivity contribution in [2.24, 2.45) is 0 Å². The number of rotatable bonds is 21. The number of aliphatic carboxylic acids is 1. The van der Waals surface area contributed by atoms with Gasteiger partial charge in [0.2, 0.25) is 12.3 Å². The van der Waals surface area contributed by atoms with E-state index in [4.69, 9.17) is 5.11 Å². The number of nitrogens with one attached hydrogen (secondary N) is 2. The molecule has 6 nitrogen and oxygen atoms in total. The van der Waals surface area contributed by atoms with Crippen molar-refractivity contribution in [3.05, 3.63) is 12.7 Å². The van der Waals surface area contributed by atoms with E-state index in [-0.39, 0.29) is 19.5 Å². The van der Waals surface area contributed by atoms with Crippen LogP contribution in [0.5, 0.6) is 0 Å². The van der Waals surface area contributed by atoms with Crippen LogP contribution >= 0.6 is 0 Å². The molecule has 0 atom stereocenters. The number of hydrogen-bond donors (Lipinski definition) is 3. The van der Waals surface area contributed by atoms with E-state index in [0.717, 1.165) is 0 Å². The van der Waals surface area contributed by atoms with Gasteiger partial charge in [0.15, 0.2) is 0 Å². The van der Waals surface area contributed by atoms with Crippen LogP contribution in [-0.2, 0) is 14.4 Å². The SMILES string of the molecule is C=CC.CCCCCCCCCCCCCCCCCC.O=CNCCC(=O)NCC(=O)O. The zero-order valence-electron chi connectivity index (χ0n) is 22.0. The summed E-state index contributed by atoms with van der Waals surface area (Å²) in [6, 6.07) is 0. The Hall–Kier alpha value is -1.85. The van der Waals surface area contributed by atoms with Gasteiger partial charge in [-0.3, -0.25) is 14.4 Å². The highest BCUT2D eigenvalue weighted by Crippen LogP contribution is 2.13. The second-order valence-corrected chi connectivity index (χ2v) is 8.35. The van der Waals surface area contributed by atoms with Gasteiger partial charge in [-0.25, -0.2) is 0 Å². The maximum atomic E-state index is 10.7. The first-order valence-corrected chi connectivity index (χ1v) is 13.2. The molecule has 0 unspecified atom stereocenters. The van der Waals surface area contributed by atoms with Gasteiger partial charge in [-0.05, 0) is 6.92 Å². The zero-order chi connectivity index (χ0) is 25.4. The summed E-state index contributed by atoms with van der Waals surface area (Å²) < 4.78 is 0. The Morgan fingerprint density at radius 2 is 1.09 bits per heavy atom. The fourth-order valence-electron chi connectivity index (χ4n) is 3.13. The summed E-state index contributed by atoms with van der Waals surface area (Å²) in [7, 11) is 0. The molecule has 3 N–H and O–H groups in total. The minimum absolute atomic E-state index is 0.0893. The molecule has 6 heteroatoms. The molecule has 0 aliphatic carbocycles. The third-order valence-corrected chi connectivity index (χ3v) is 4.97. The minimum atomic E-state index is -1.09. The molecule has 0 saturated carbocycles. The second kappa shape index (κ2) is 34.8. The van der Waals surface area contributed by atoms with Crippen molar-refractivity contribution >= 4 is 18.3 Å². The van der Waals surface area contributed by atoms with Crippen molar-refractivity contribution in [2.75, 3.05) is 13.1 Å². The number of carbonyl (C=O) groups is 3. The molecule has 0 saturated heterocycles. The molecule has 0 aliphatic heterocycles. The Kier molecular flexibility index (Phi) is 37.6. The monoisotopic (exact) mass is 470 g/mol. The molecule has 196 valence electrons. The lowest BCUT2D eigenvalue weighted by Crippen LogP contribution is -2.31. The van der Waals surface area contributed by atoms with Crippen molar-refractivity contribution < 1.29 is 19.5 Å². The Balaban J connectivity index is -0.000000517. The topological polar surface area (TPSA) is 95.5 Å². The number of hydrogen-bond acceptors (Lipinski definition) is 3. The molecule has 2 amide bonds. The average Bonchev–Trinajstić information content (AvgIpc) is 2.79. The lowest BCUT2D eigenvalue weighted by atomic mass is 10.0. The van der Waals surface area contributed by atoms with Gasteiger partial charge >= 0.3 is 5.97 Å². The zero-order valence-corrected chi connectivity index (χ0v) is 22.0. The third-order valence-electron chi connectivity index (χ3n) is 4.97. The molecule has 0 aromatic heterocycles. The van der Waals surface area contributed by atoms with E-state index in [9.17, 15) is 14.4 Å². The van der Waals surface area contributed by atoms with Gasteiger partial charge in [0.25, 0.3) is 0 Å². The molecule has 0 radical (unpaired) electrons. The van der Waals surface area contributed by atoms with Gasteiger partial charge in [-0.2, -0.15) is 0 Å². The summed E-state index contributed by atoms with van der Waals surface area (Å²) in [5.74, 6) is -1.49. The Morgan fingerprint density at radius 3 is 1.36 bits per heavy atom. The first-order chi connectivity index (χ1) is 16.0. The number of carboxylic acid groups (broad SMARTS) is 1. The summed E-state index contributed by atoms with van der Waals surface area (Å²) >= 11 is 0. The van der Waals surface area contributed by atoms with Crippen LogP contribution in [0.4, 0.5) is 0 Å². The van der Waals surface area contributed by atoms with Gasteiger partial charge in [0.05, 0.1) is 0 Å². The fourth-order valence-corrected chi connectivity index (χ4v) is 3.13. The molecule has 0 bridgehead atoms. The smallest absolute Gasteiger partial charge is 0.322 e. The quantitative estimate of drug-likeness (QED) is 0.0978. The minimum Gasteiger partial charge on any atom is -0.480 e. The highest BCUT2D eigenvalue weighted by molar-refractivity contribution is 5.81. The van der Waals surface area contributed by atoms with Crippen LogP contribution in [0.15, 0.2) is 12.7 Å². The van der Waals surface area contributed by atoms with E-state index in [1.807, 2.05) is 6.92 Å².